The number of carbonyl (C=O) groups excluding carboxylic acids is 1. The molecule has 0 aliphatic rings. The van der Waals surface area contributed by atoms with Crippen molar-refractivity contribution in [3.05, 3.63) is 17.4 Å². The predicted molar refractivity (Wildman–Crippen MR) is 58.0 cm³/mol. The molecule has 0 spiro atoms. The van der Waals surface area contributed by atoms with Crippen LogP contribution in [0.5, 0.6) is 0 Å². The lowest BCUT2D eigenvalue weighted by molar-refractivity contribution is -0.146. The summed E-state index contributed by atoms with van der Waals surface area (Å²) in [5.74, 6) is -0.192. The number of hydrogen-bond donors (Lipinski definition) is 0. The van der Waals surface area contributed by atoms with Gasteiger partial charge in [-0.15, -0.1) is 5.73 Å². The molecule has 0 rings (SSSR count). The van der Waals surface area contributed by atoms with E-state index in [2.05, 4.69) is 5.73 Å². The molecule has 1 atom stereocenters. The SMILES string of the molecule is CCC(CCC=C=C(C)C)OC(C)=O. The lowest BCUT2D eigenvalue weighted by atomic mass is 10.1. The molecule has 80 valence electrons. The van der Waals surface area contributed by atoms with Crippen LogP contribution in [0, 0.1) is 0 Å². The summed E-state index contributed by atoms with van der Waals surface area (Å²) in [6, 6.07) is 0. The summed E-state index contributed by atoms with van der Waals surface area (Å²) in [5, 5.41) is 0. The first-order chi connectivity index (χ1) is 6.56. The van der Waals surface area contributed by atoms with Gasteiger partial charge in [0.05, 0.1) is 0 Å². The van der Waals surface area contributed by atoms with E-state index >= 15 is 0 Å². The molecule has 0 saturated carbocycles. The zero-order valence-electron chi connectivity index (χ0n) is 9.59. The van der Waals surface area contributed by atoms with Crippen LogP contribution in [0.15, 0.2) is 17.4 Å². The molecule has 0 radical (unpaired) electrons. The summed E-state index contributed by atoms with van der Waals surface area (Å²) in [7, 11) is 0. The maximum atomic E-state index is 10.7. The zero-order chi connectivity index (χ0) is 11.0. The van der Waals surface area contributed by atoms with Gasteiger partial charge in [0.25, 0.3) is 0 Å². The third kappa shape index (κ3) is 7.63. The van der Waals surface area contributed by atoms with Crippen LogP contribution in [0.4, 0.5) is 0 Å². The third-order valence-electron chi connectivity index (χ3n) is 1.81. The molecule has 0 aromatic heterocycles. The van der Waals surface area contributed by atoms with Crippen LogP contribution in [0.2, 0.25) is 0 Å². The van der Waals surface area contributed by atoms with Crippen LogP contribution in [0.3, 0.4) is 0 Å². The van der Waals surface area contributed by atoms with Crippen LogP contribution < -0.4 is 0 Å². The monoisotopic (exact) mass is 196 g/mol. The molecule has 0 heterocycles. The van der Waals surface area contributed by atoms with Gasteiger partial charge in [-0.2, -0.15) is 0 Å². The number of hydrogen-bond acceptors (Lipinski definition) is 2. The smallest absolute Gasteiger partial charge is 0.302 e. The van der Waals surface area contributed by atoms with Gasteiger partial charge in [0.2, 0.25) is 0 Å². The Morgan fingerprint density at radius 1 is 1.43 bits per heavy atom. The van der Waals surface area contributed by atoms with Gasteiger partial charge in [0.15, 0.2) is 0 Å². The molecule has 2 nitrogen and oxygen atoms in total. The van der Waals surface area contributed by atoms with Crippen molar-refractivity contribution < 1.29 is 9.53 Å². The minimum Gasteiger partial charge on any atom is -0.463 e. The summed E-state index contributed by atoms with van der Waals surface area (Å²) >= 11 is 0. The molecule has 0 saturated heterocycles. The van der Waals surface area contributed by atoms with Crippen molar-refractivity contribution >= 4 is 5.97 Å². The van der Waals surface area contributed by atoms with Crippen molar-refractivity contribution in [2.75, 3.05) is 0 Å². The van der Waals surface area contributed by atoms with E-state index in [1.54, 1.807) is 0 Å². The fourth-order valence-electron chi connectivity index (χ4n) is 1.13. The van der Waals surface area contributed by atoms with Gasteiger partial charge in [-0.3, -0.25) is 4.79 Å². The first-order valence-corrected chi connectivity index (χ1v) is 5.11. The summed E-state index contributed by atoms with van der Waals surface area (Å²) in [4.78, 5) is 10.7. The summed E-state index contributed by atoms with van der Waals surface area (Å²) < 4.78 is 5.11. The standard InChI is InChI=1S/C12H20O2/c1-5-12(14-11(4)13)9-7-6-8-10(2)3/h6,12H,5,7,9H2,1-4H3. The molecule has 0 bridgehead atoms. The Hall–Kier alpha value is -1.01. The Morgan fingerprint density at radius 2 is 2.07 bits per heavy atom. The maximum absolute atomic E-state index is 10.7. The molecular formula is C12H20O2. The van der Waals surface area contributed by atoms with Crippen LogP contribution in [0.25, 0.3) is 0 Å². The molecule has 0 N–H and O–H groups in total. The number of esters is 1. The molecule has 0 aliphatic carbocycles. The highest BCUT2D eigenvalue weighted by atomic mass is 16.5. The quantitative estimate of drug-likeness (QED) is 0.498. The highest BCUT2D eigenvalue weighted by molar-refractivity contribution is 5.66. The van der Waals surface area contributed by atoms with Crippen molar-refractivity contribution in [1.29, 1.82) is 0 Å². The van der Waals surface area contributed by atoms with Crippen molar-refractivity contribution in [2.45, 2.75) is 53.1 Å². The number of carbonyl (C=O) groups is 1. The van der Waals surface area contributed by atoms with E-state index < -0.39 is 0 Å². The van der Waals surface area contributed by atoms with Gasteiger partial charge < -0.3 is 4.74 Å². The summed E-state index contributed by atoms with van der Waals surface area (Å²) in [6.07, 6.45) is 4.74. The Bertz CT molecular complexity index is 231. The average molecular weight is 196 g/mol. The van der Waals surface area contributed by atoms with Crippen molar-refractivity contribution in [2.24, 2.45) is 0 Å². The first-order valence-electron chi connectivity index (χ1n) is 5.11. The van der Waals surface area contributed by atoms with Crippen LogP contribution in [-0.4, -0.2) is 12.1 Å². The second-order valence-electron chi connectivity index (χ2n) is 3.57. The summed E-state index contributed by atoms with van der Waals surface area (Å²) in [5.41, 5.74) is 4.30. The summed E-state index contributed by atoms with van der Waals surface area (Å²) in [6.45, 7) is 7.51. The second-order valence-corrected chi connectivity index (χ2v) is 3.57. The number of allylic oxidation sites excluding steroid dienone is 1. The molecule has 0 amide bonds. The van der Waals surface area contributed by atoms with E-state index in [1.165, 1.54) is 12.5 Å². The van der Waals surface area contributed by atoms with E-state index in [0.717, 1.165) is 19.3 Å². The molecule has 0 aromatic carbocycles. The van der Waals surface area contributed by atoms with E-state index in [4.69, 9.17) is 4.74 Å². The van der Waals surface area contributed by atoms with Gasteiger partial charge in [0, 0.05) is 6.92 Å². The van der Waals surface area contributed by atoms with Gasteiger partial charge in [-0.1, -0.05) is 6.92 Å². The minimum absolute atomic E-state index is 0.0581. The largest absolute Gasteiger partial charge is 0.463 e. The normalized spacial score (nSPS) is 11.4. The molecule has 2 heteroatoms. The Kier molecular flexibility index (Phi) is 6.87. The van der Waals surface area contributed by atoms with Gasteiger partial charge in [0.1, 0.15) is 6.10 Å². The molecular weight excluding hydrogens is 176 g/mol. The zero-order valence-corrected chi connectivity index (χ0v) is 9.59. The highest BCUT2D eigenvalue weighted by Gasteiger charge is 2.07. The molecule has 0 aromatic rings. The number of ether oxygens (including phenoxy) is 1. The van der Waals surface area contributed by atoms with Gasteiger partial charge in [-0.25, -0.2) is 0 Å². The Labute approximate surface area is 86.6 Å². The van der Waals surface area contributed by atoms with Crippen LogP contribution in [-0.2, 0) is 9.53 Å². The molecule has 0 fully saturated rings. The van der Waals surface area contributed by atoms with Gasteiger partial charge >= 0.3 is 5.97 Å². The van der Waals surface area contributed by atoms with Crippen molar-refractivity contribution in [1.82, 2.24) is 0 Å². The molecule has 1 unspecified atom stereocenters. The molecule has 14 heavy (non-hydrogen) atoms. The second kappa shape index (κ2) is 7.40. The fraction of sp³-hybridized carbons (Fsp3) is 0.667. The number of rotatable bonds is 5. The third-order valence-corrected chi connectivity index (χ3v) is 1.81. The Balaban J connectivity index is 3.85. The van der Waals surface area contributed by atoms with E-state index in [0.29, 0.717) is 0 Å². The highest BCUT2D eigenvalue weighted by Crippen LogP contribution is 2.07. The van der Waals surface area contributed by atoms with Crippen molar-refractivity contribution in [3.63, 3.8) is 0 Å². The van der Waals surface area contributed by atoms with E-state index in [9.17, 15) is 4.79 Å². The van der Waals surface area contributed by atoms with E-state index in [-0.39, 0.29) is 12.1 Å². The topological polar surface area (TPSA) is 26.3 Å². The first kappa shape index (κ1) is 13.0. The van der Waals surface area contributed by atoms with Gasteiger partial charge in [-0.05, 0) is 44.8 Å². The lowest BCUT2D eigenvalue weighted by Crippen LogP contribution is -2.14. The maximum Gasteiger partial charge on any atom is 0.302 e. The minimum atomic E-state index is -0.192. The lowest BCUT2D eigenvalue weighted by Gasteiger charge is -2.13. The average Bonchev–Trinajstić information content (AvgIpc) is 2.09. The van der Waals surface area contributed by atoms with Crippen LogP contribution >= 0.6 is 0 Å². The van der Waals surface area contributed by atoms with Crippen molar-refractivity contribution in [3.8, 4) is 0 Å². The Morgan fingerprint density at radius 3 is 2.50 bits per heavy atom. The van der Waals surface area contributed by atoms with Crippen LogP contribution in [0.1, 0.15) is 47.0 Å². The predicted octanol–water partition coefficient (Wildman–Crippen LogP) is 3.23. The molecule has 0 aliphatic heterocycles. The van der Waals surface area contributed by atoms with E-state index in [1.807, 2.05) is 26.8 Å². The fourth-order valence-corrected chi connectivity index (χ4v) is 1.13.